The van der Waals surface area contributed by atoms with Crippen molar-refractivity contribution in [3.05, 3.63) is 16.1 Å². The van der Waals surface area contributed by atoms with Gasteiger partial charge in [0, 0.05) is 16.0 Å². The maximum absolute atomic E-state index is 6.22. The molecule has 0 amide bonds. The summed E-state index contributed by atoms with van der Waals surface area (Å²) in [5.41, 5.74) is 0. The molecule has 0 aliphatic rings. The zero-order valence-electron chi connectivity index (χ0n) is 10.9. The summed E-state index contributed by atoms with van der Waals surface area (Å²) in [6.07, 6.45) is 2.20. The van der Waals surface area contributed by atoms with E-state index in [1.807, 2.05) is 0 Å². The summed E-state index contributed by atoms with van der Waals surface area (Å²) in [7, 11) is 0. The first-order valence-corrected chi connectivity index (χ1v) is 8.37. The van der Waals surface area contributed by atoms with E-state index in [0.717, 1.165) is 27.5 Å². The first-order chi connectivity index (χ1) is 8.60. The average molecular weight is 301 g/mol. The van der Waals surface area contributed by atoms with Crippen LogP contribution in [0.15, 0.2) is 11.2 Å². The Kier molecular flexibility index (Phi) is 4.87. The van der Waals surface area contributed by atoms with Gasteiger partial charge in [-0.3, -0.25) is 0 Å². The molecule has 5 heteroatoms. The molecule has 2 nitrogen and oxygen atoms in total. The van der Waals surface area contributed by atoms with Crippen LogP contribution in [0.2, 0.25) is 5.15 Å². The van der Waals surface area contributed by atoms with Gasteiger partial charge in [0.1, 0.15) is 9.98 Å². The van der Waals surface area contributed by atoms with Crippen molar-refractivity contribution in [2.24, 2.45) is 5.92 Å². The smallest absolute Gasteiger partial charge is 0.190 e. The van der Waals surface area contributed by atoms with Crippen molar-refractivity contribution in [2.45, 2.75) is 38.8 Å². The summed E-state index contributed by atoms with van der Waals surface area (Å²) < 4.78 is 0. The van der Waals surface area contributed by atoms with Crippen LogP contribution in [0.25, 0.3) is 10.2 Å². The molecule has 0 saturated heterocycles. The van der Waals surface area contributed by atoms with Crippen molar-refractivity contribution in [3.63, 3.8) is 0 Å². The molecule has 18 heavy (non-hydrogen) atoms. The Morgan fingerprint density at radius 1 is 1.39 bits per heavy atom. The highest BCUT2D eigenvalue weighted by Crippen LogP contribution is 2.31. The van der Waals surface area contributed by atoms with Crippen molar-refractivity contribution in [2.75, 3.05) is 5.75 Å². The maximum atomic E-state index is 6.22. The van der Waals surface area contributed by atoms with Gasteiger partial charge in [-0.05, 0) is 24.8 Å². The lowest BCUT2D eigenvalue weighted by molar-refractivity contribution is 0.631. The highest BCUT2D eigenvalue weighted by atomic mass is 35.5. The predicted molar refractivity (Wildman–Crippen MR) is 82.0 cm³/mol. The van der Waals surface area contributed by atoms with Crippen LogP contribution >= 0.6 is 34.7 Å². The van der Waals surface area contributed by atoms with E-state index in [1.165, 1.54) is 11.3 Å². The number of aromatic nitrogens is 2. The van der Waals surface area contributed by atoms with Crippen molar-refractivity contribution < 1.29 is 0 Å². The Bertz CT molecular complexity index is 537. The van der Waals surface area contributed by atoms with E-state index >= 15 is 0 Å². The molecule has 98 valence electrons. The molecular formula is C13H17ClN2S2. The first-order valence-electron chi connectivity index (χ1n) is 6.19. The number of thioether (sulfide) groups is 1. The fourth-order valence-corrected chi connectivity index (χ4v) is 3.98. The highest BCUT2D eigenvalue weighted by molar-refractivity contribution is 7.99. The third-order valence-corrected chi connectivity index (χ3v) is 4.99. The van der Waals surface area contributed by atoms with Gasteiger partial charge in [-0.1, -0.05) is 44.1 Å². The summed E-state index contributed by atoms with van der Waals surface area (Å²) in [6, 6.07) is 2.10. The normalized spacial score (nSPS) is 11.6. The van der Waals surface area contributed by atoms with Gasteiger partial charge in [-0.25, -0.2) is 9.97 Å². The van der Waals surface area contributed by atoms with E-state index in [2.05, 4.69) is 36.8 Å². The zero-order chi connectivity index (χ0) is 13.1. The van der Waals surface area contributed by atoms with Crippen LogP contribution in [0.4, 0.5) is 0 Å². The fourth-order valence-electron chi connectivity index (χ4n) is 1.54. The SMILES string of the molecule is CCc1cc2c(Cl)nc(SCCC(C)C)nc2s1. The average Bonchev–Trinajstić information content (AvgIpc) is 2.72. The van der Waals surface area contributed by atoms with Gasteiger partial charge < -0.3 is 0 Å². The van der Waals surface area contributed by atoms with Gasteiger partial charge in [-0.15, -0.1) is 11.3 Å². The molecule has 0 aliphatic carbocycles. The second kappa shape index (κ2) is 6.22. The molecule has 0 aliphatic heterocycles. The molecule has 2 rings (SSSR count). The van der Waals surface area contributed by atoms with Gasteiger partial charge in [0.2, 0.25) is 0 Å². The molecule has 2 aromatic heterocycles. The Labute approximate surface area is 121 Å². The van der Waals surface area contributed by atoms with E-state index in [0.29, 0.717) is 11.1 Å². The highest BCUT2D eigenvalue weighted by Gasteiger charge is 2.10. The van der Waals surface area contributed by atoms with E-state index < -0.39 is 0 Å². The predicted octanol–water partition coefficient (Wildman–Crippen LogP) is 5.05. The Balaban J connectivity index is 2.19. The Morgan fingerprint density at radius 2 is 2.17 bits per heavy atom. The van der Waals surface area contributed by atoms with E-state index in [4.69, 9.17) is 11.6 Å². The molecule has 0 aromatic carbocycles. The lowest BCUT2D eigenvalue weighted by Gasteiger charge is -2.03. The van der Waals surface area contributed by atoms with Crippen LogP contribution in [-0.4, -0.2) is 15.7 Å². The molecule has 0 unspecified atom stereocenters. The van der Waals surface area contributed by atoms with Crippen LogP contribution in [0.1, 0.15) is 32.1 Å². The van der Waals surface area contributed by atoms with Crippen LogP contribution in [-0.2, 0) is 6.42 Å². The molecule has 0 fully saturated rings. The Morgan fingerprint density at radius 3 is 2.83 bits per heavy atom. The molecule has 0 radical (unpaired) electrons. The second-order valence-corrected chi connectivity index (χ2v) is 7.15. The largest absolute Gasteiger partial charge is 0.211 e. The Hall–Kier alpha value is -0.320. The molecule has 0 N–H and O–H groups in total. The summed E-state index contributed by atoms with van der Waals surface area (Å²) in [5.74, 6) is 1.76. The lowest BCUT2D eigenvalue weighted by Crippen LogP contribution is -1.92. The minimum atomic E-state index is 0.586. The summed E-state index contributed by atoms with van der Waals surface area (Å²) in [4.78, 5) is 11.3. The standard InChI is InChI=1S/C13H17ClN2S2/c1-4-9-7-10-11(14)15-13(16-12(10)18-9)17-6-5-8(2)3/h7-8H,4-6H2,1-3H3. The summed E-state index contributed by atoms with van der Waals surface area (Å²) in [5, 5.41) is 2.38. The minimum Gasteiger partial charge on any atom is -0.211 e. The molecule has 0 spiro atoms. The van der Waals surface area contributed by atoms with Crippen LogP contribution < -0.4 is 0 Å². The number of aryl methyl sites for hydroxylation is 1. The third-order valence-electron chi connectivity index (χ3n) is 2.65. The van der Waals surface area contributed by atoms with E-state index in [-0.39, 0.29) is 0 Å². The van der Waals surface area contributed by atoms with Gasteiger partial charge in [0.15, 0.2) is 5.16 Å². The van der Waals surface area contributed by atoms with Crippen LogP contribution in [0.5, 0.6) is 0 Å². The van der Waals surface area contributed by atoms with Crippen LogP contribution in [0.3, 0.4) is 0 Å². The summed E-state index contributed by atoms with van der Waals surface area (Å²) >= 11 is 9.63. The van der Waals surface area contributed by atoms with Gasteiger partial charge in [-0.2, -0.15) is 0 Å². The number of thiophene rings is 1. The molecular weight excluding hydrogens is 284 g/mol. The van der Waals surface area contributed by atoms with Crippen molar-refractivity contribution in [1.29, 1.82) is 0 Å². The van der Waals surface area contributed by atoms with Crippen LogP contribution in [0, 0.1) is 5.92 Å². The second-order valence-electron chi connectivity index (χ2n) is 4.61. The lowest BCUT2D eigenvalue weighted by atomic mass is 10.2. The molecule has 0 atom stereocenters. The number of hydrogen-bond donors (Lipinski definition) is 0. The fraction of sp³-hybridized carbons (Fsp3) is 0.538. The van der Waals surface area contributed by atoms with Gasteiger partial charge in [0.05, 0.1) is 0 Å². The minimum absolute atomic E-state index is 0.586. The molecule has 0 bridgehead atoms. The van der Waals surface area contributed by atoms with Gasteiger partial charge in [0.25, 0.3) is 0 Å². The van der Waals surface area contributed by atoms with Gasteiger partial charge >= 0.3 is 0 Å². The number of nitrogens with zero attached hydrogens (tertiary/aromatic N) is 2. The monoisotopic (exact) mass is 300 g/mol. The third kappa shape index (κ3) is 3.37. The molecule has 0 saturated carbocycles. The van der Waals surface area contributed by atoms with E-state index in [1.54, 1.807) is 23.1 Å². The summed E-state index contributed by atoms with van der Waals surface area (Å²) in [6.45, 7) is 6.60. The first kappa shape index (κ1) is 14.1. The zero-order valence-corrected chi connectivity index (χ0v) is 13.3. The number of halogens is 1. The number of rotatable bonds is 5. The number of fused-ring (bicyclic) bond motifs is 1. The quantitative estimate of drug-likeness (QED) is 0.439. The van der Waals surface area contributed by atoms with E-state index in [9.17, 15) is 0 Å². The topological polar surface area (TPSA) is 25.8 Å². The van der Waals surface area contributed by atoms with Crippen molar-refractivity contribution in [1.82, 2.24) is 9.97 Å². The molecule has 2 heterocycles. The number of hydrogen-bond acceptors (Lipinski definition) is 4. The molecule has 2 aromatic rings. The van der Waals surface area contributed by atoms with Crippen molar-refractivity contribution in [3.8, 4) is 0 Å². The van der Waals surface area contributed by atoms with Crippen molar-refractivity contribution >= 4 is 44.9 Å². The maximum Gasteiger partial charge on any atom is 0.190 e.